The first-order chi connectivity index (χ1) is 6.07. The molecule has 1 rings (SSSR count). The average molecular weight is 218 g/mol. The fraction of sp³-hybridized carbons (Fsp3) is 0.750. The van der Waals surface area contributed by atoms with E-state index >= 15 is 0 Å². The van der Waals surface area contributed by atoms with Crippen LogP contribution in [0.4, 0.5) is 0 Å². The summed E-state index contributed by atoms with van der Waals surface area (Å²) in [4.78, 5) is 13.4. The predicted octanol–water partition coefficient (Wildman–Crippen LogP) is 0.843. The number of carbonyl (C=O) groups is 1. The fourth-order valence-corrected chi connectivity index (χ4v) is 2.32. The van der Waals surface area contributed by atoms with Crippen molar-refractivity contribution in [2.45, 2.75) is 25.9 Å². The summed E-state index contributed by atoms with van der Waals surface area (Å²) in [6, 6.07) is 0.0317. The maximum atomic E-state index is 11.7. The molecule has 1 N–H and O–H groups in total. The second-order valence-electron chi connectivity index (χ2n) is 3.26. The van der Waals surface area contributed by atoms with Crippen molar-refractivity contribution in [1.29, 1.82) is 0 Å². The number of carbonyl (C=O) groups excluding carboxylic acids is 1. The molecule has 0 aromatic heterocycles. The van der Waals surface area contributed by atoms with E-state index in [1.165, 1.54) is 0 Å². The monoisotopic (exact) mass is 218 g/mol. The van der Waals surface area contributed by atoms with Crippen LogP contribution in [0.5, 0.6) is 0 Å². The number of rotatable bonds is 3. The topological polar surface area (TPSA) is 32.3 Å². The Bertz CT molecular complexity index is 230. The number of amides is 1. The third-order valence-corrected chi connectivity index (χ3v) is 2.88. The van der Waals surface area contributed by atoms with Crippen molar-refractivity contribution >= 4 is 35.0 Å². The highest BCUT2D eigenvalue weighted by Gasteiger charge is 2.36. The van der Waals surface area contributed by atoms with Gasteiger partial charge in [-0.3, -0.25) is 9.69 Å². The molecule has 1 amide bonds. The van der Waals surface area contributed by atoms with Gasteiger partial charge in [-0.1, -0.05) is 0 Å². The summed E-state index contributed by atoms with van der Waals surface area (Å²) < 4.78 is 0. The summed E-state index contributed by atoms with van der Waals surface area (Å²) >= 11 is 6.72. The van der Waals surface area contributed by atoms with Gasteiger partial charge in [0.1, 0.15) is 6.04 Å². The van der Waals surface area contributed by atoms with Crippen molar-refractivity contribution in [2.24, 2.45) is 0 Å². The fourth-order valence-electron chi connectivity index (χ4n) is 1.32. The third-order valence-electron chi connectivity index (χ3n) is 1.90. The van der Waals surface area contributed by atoms with Crippen molar-refractivity contribution in [2.75, 3.05) is 12.0 Å². The summed E-state index contributed by atoms with van der Waals surface area (Å²) in [6.45, 7) is 3.93. The Morgan fingerprint density at radius 3 is 2.69 bits per heavy atom. The Kier molecular flexibility index (Phi) is 3.55. The third kappa shape index (κ3) is 2.14. The molecule has 13 heavy (non-hydrogen) atoms. The molecule has 0 aliphatic carbocycles. The zero-order valence-corrected chi connectivity index (χ0v) is 9.67. The van der Waals surface area contributed by atoms with Crippen molar-refractivity contribution in [3.8, 4) is 0 Å². The highest BCUT2D eigenvalue weighted by atomic mass is 32.2. The molecule has 5 heteroatoms. The van der Waals surface area contributed by atoms with Crippen molar-refractivity contribution < 1.29 is 4.79 Å². The minimum absolute atomic E-state index is 0.106. The van der Waals surface area contributed by atoms with Gasteiger partial charge in [0.25, 0.3) is 5.91 Å². The predicted molar refractivity (Wildman–Crippen MR) is 59.9 cm³/mol. The second kappa shape index (κ2) is 4.28. The van der Waals surface area contributed by atoms with E-state index in [2.05, 4.69) is 5.32 Å². The molecule has 1 atom stereocenters. The molecule has 0 saturated carbocycles. The van der Waals surface area contributed by atoms with E-state index in [0.717, 1.165) is 5.75 Å². The smallest absolute Gasteiger partial charge is 0.252 e. The number of nitrogens with zero attached hydrogens (tertiary/aromatic N) is 1. The molecular weight excluding hydrogens is 204 g/mol. The summed E-state index contributed by atoms with van der Waals surface area (Å²) in [5.41, 5.74) is 0. The first-order valence-electron chi connectivity index (χ1n) is 4.20. The lowest BCUT2D eigenvalue weighted by Gasteiger charge is -2.18. The first kappa shape index (κ1) is 10.8. The van der Waals surface area contributed by atoms with Gasteiger partial charge in [0, 0.05) is 11.8 Å². The lowest BCUT2D eigenvalue weighted by atomic mass is 10.3. The van der Waals surface area contributed by atoms with Gasteiger partial charge in [-0.2, -0.15) is 11.8 Å². The van der Waals surface area contributed by atoms with Crippen LogP contribution in [0.2, 0.25) is 0 Å². The highest BCUT2D eigenvalue weighted by molar-refractivity contribution is 7.98. The lowest BCUT2D eigenvalue weighted by molar-refractivity contribution is -0.127. The quantitative estimate of drug-likeness (QED) is 0.712. The molecule has 1 aliphatic heterocycles. The molecule has 1 unspecified atom stereocenters. The van der Waals surface area contributed by atoms with Crippen LogP contribution in [-0.2, 0) is 4.79 Å². The van der Waals surface area contributed by atoms with E-state index in [-0.39, 0.29) is 18.0 Å². The molecule has 0 radical (unpaired) electrons. The molecule has 0 aromatic rings. The molecule has 1 fully saturated rings. The van der Waals surface area contributed by atoms with Crippen LogP contribution in [-0.4, -0.2) is 40.0 Å². The Balaban J connectivity index is 2.70. The minimum atomic E-state index is -0.120. The van der Waals surface area contributed by atoms with Crippen molar-refractivity contribution in [3.63, 3.8) is 0 Å². The minimum Gasteiger partial charge on any atom is -0.350 e. The first-order valence-corrected chi connectivity index (χ1v) is 6.00. The van der Waals surface area contributed by atoms with Crippen LogP contribution < -0.4 is 5.32 Å². The van der Waals surface area contributed by atoms with Gasteiger partial charge in [0.2, 0.25) is 0 Å². The van der Waals surface area contributed by atoms with Gasteiger partial charge >= 0.3 is 0 Å². The van der Waals surface area contributed by atoms with E-state index in [0.29, 0.717) is 5.11 Å². The van der Waals surface area contributed by atoms with E-state index in [4.69, 9.17) is 12.2 Å². The highest BCUT2D eigenvalue weighted by Crippen LogP contribution is 2.13. The Morgan fingerprint density at radius 1 is 1.69 bits per heavy atom. The molecule has 0 aromatic carbocycles. The van der Waals surface area contributed by atoms with Crippen LogP contribution in [0.1, 0.15) is 13.8 Å². The van der Waals surface area contributed by atoms with Crippen molar-refractivity contribution in [1.82, 2.24) is 10.2 Å². The van der Waals surface area contributed by atoms with E-state index in [9.17, 15) is 4.79 Å². The molecular formula is C8H14N2OS2. The maximum Gasteiger partial charge on any atom is 0.252 e. The van der Waals surface area contributed by atoms with Gasteiger partial charge in [0.05, 0.1) is 0 Å². The van der Waals surface area contributed by atoms with E-state index in [1.54, 1.807) is 16.7 Å². The summed E-state index contributed by atoms with van der Waals surface area (Å²) in [5.74, 6) is 0.886. The van der Waals surface area contributed by atoms with Gasteiger partial charge in [-0.05, 0) is 32.3 Å². The Hall–Kier alpha value is -0.290. The van der Waals surface area contributed by atoms with Gasteiger partial charge in [0.15, 0.2) is 5.11 Å². The van der Waals surface area contributed by atoms with Crippen LogP contribution in [0.25, 0.3) is 0 Å². The summed E-state index contributed by atoms with van der Waals surface area (Å²) in [7, 11) is 0. The maximum absolute atomic E-state index is 11.7. The lowest BCUT2D eigenvalue weighted by Crippen LogP contribution is -2.37. The van der Waals surface area contributed by atoms with E-state index in [1.807, 2.05) is 20.1 Å². The normalized spacial score (nSPS) is 22.8. The van der Waals surface area contributed by atoms with Crippen LogP contribution in [0.15, 0.2) is 0 Å². The van der Waals surface area contributed by atoms with Gasteiger partial charge < -0.3 is 5.32 Å². The second-order valence-corrected chi connectivity index (χ2v) is 4.56. The molecule has 1 saturated heterocycles. The molecule has 74 valence electrons. The largest absolute Gasteiger partial charge is 0.350 e. The SMILES string of the molecule is CSCC1NC(=S)N(C(C)C)C1=O. The standard InChI is InChI=1S/C8H14N2OS2/c1-5(2)10-7(11)6(4-13-3)9-8(10)12/h5-6H,4H2,1-3H3,(H,9,12). The number of hydrogen-bond donors (Lipinski definition) is 1. The van der Waals surface area contributed by atoms with Crippen LogP contribution in [0, 0.1) is 0 Å². The van der Waals surface area contributed by atoms with E-state index < -0.39 is 0 Å². The number of nitrogens with one attached hydrogen (secondary N) is 1. The molecule has 1 heterocycles. The van der Waals surface area contributed by atoms with Gasteiger partial charge in [-0.15, -0.1) is 0 Å². The molecule has 3 nitrogen and oxygen atoms in total. The number of hydrogen-bond acceptors (Lipinski definition) is 3. The zero-order valence-electron chi connectivity index (χ0n) is 8.03. The Morgan fingerprint density at radius 2 is 2.31 bits per heavy atom. The van der Waals surface area contributed by atoms with Gasteiger partial charge in [-0.25, -0.2) is 0 Å². The van der Waals surface area contributed by atoms with Crippen LogP contribution >= 0.6 is 24.0 Å². The summed E-state index contributed by atoms with van der Waals surface area (Å²) in [5, 5.41) is 3.59. The summed E-state index contributed by atoms with van der Waals surface area (Å²) in [6.07, 6.45) is 1.98. The Labute approximate surface area is 88.2 Å². The average Bonchev–Trinajstić information content (AvgIpc) is 2.28. The zero-order chi connectivity index (χ0) is 10.0. The number of thioether (sulfide) groups is 1. The van der Waals surface area contributed by atoms with Crippen molar-refractivity contribution in [3.05, 3.63) is 0 Å². The molecule has 0 spiro atoms. The molecule has 0 bridgehead atoms. The number of thiocarbonyl (C=S) groups is 1. The van der Waals surface area contributed by atoms with Crippen LogP contribution in [0.3, 0.4) is 0 Å². The molecule has 1 aliphatic rings.